The molecule has 0 aliphatic rings. The van der Waals surface area contributed by atoms with Crippen molar-refractivity contribution >= 4 is 17.6 Å². The molecule has 0 amide bonds. The number of esters is 2. The number of ether oxygens (including phenoxy) is 2. The lowest BCUT2D eigenvalue weighted by Crippen LogP contribution is -2.13. The number of nitrogens with zero attached hydrogens (tertiary/aromatic N) is 2. The Kier molecular flexibility index (Phi) is 4.15. The lowest BCUT2D eigenvalue weighted by molar-refractivity contribution is -0.385. The summed E-state index contributed by atoms with van der Waals surface area (Å²) in [5.41, 5.74) is -1.88. The van der Waals surface area contributed by atoms with Crippen LogP contribution in [-0.4, -0.2) is 31.1 Å². The Hall–Kier alpha value is -2.95. The van der Waals surface area contributed by atoms with Gasteiger partial charge in [0, 0.05) is 6.07 Å². The Morgan fingerprint density at radius 2 is 1.84 bits per heavy atom. The minimum atomic E-state index is -1.07. The monoisotopic (exact) mass is 264 g/mol. The lowest BCUT2D eigenvalue weighted by atomic mass is 10.00. The van der Waals surface area contributed by atoms with Crippen LogP contribution in [0.1, 0.15) is 26.3 Å². The third kappa shape index (κ3) is 2.50. The summed E-state index contributed by atoms with van der Waals surface area (Å²) in [4.78, 5) is 33.0. The molecular formula is C11H8N2O6. The second-order valence-corrected chi connectivity index (χ2v) is 3.23. The van der Waals surface area contributed by atoms with Crippen LogP contribution >= 0.6 is 0 Å². The zero-order valence-electron chi connectivity index (χ0n) is 10.00. The molecule has 0 aliphatic carbocycles. The van der Waals surface area contributed by atoms with Crippen LogP contribution < -0.4 is 0 Å². The Bertz CT molecular complexity index is 602. The van der Waals surface area contributed by atoms with Crippen LogP contribution in [0.4, 0.5) is 5.69 Å². The van der Waals surface area contributed by atoms with E-state index in [1.807, 2.05) is 0 Å². The van der Waals surface area contributed by atoms with Crippen molar-refractivity contribution in [2.45, 2.75) is 0 Å². The molecule has 0 fully saturated rings. The highest BCUT2D eigenvalue weighted by molar-refractivity contribution is 6.02. The maximum atomic E-state index is 11.6. The van der Waals surface area contributed by atoms with Crippen LogP contribution in [0.15, 0.2) is 12.1 Å². The molecule has 0 spiro atoms. The van der Waals surface area contributed by atoms with E-state index >= 15 is 0 Å². The number of hydrogen-bond acceptors (Lipinski definition) is 7. The predicted molar refractivity (Wildman–Crippen MR) is 60.5 cm³/mol. The van der Waals surface area contributed by atoms with Crippen LogP contribution in [0.2, 0.25) is 0 Å². The van der Waals surface area contributed by atoms with Gasteiger partial charge in [0.25, 0.3) is 5.69 Å². The van der Waals surface area contributed by atoms with Crippen molar-refractivity contribution in [1.82, 2.24) is 0 Å². The first kappa shape index (κ1) is 14.1. The summed E-state index contributed by atoms with van der Waals surface area (Å²) < 4.78 is 8.83. The second-order valence-electron chi connectivity index (χ2n) is 3.23. The van der Waals surface area contributed by atoms with Crippen LogP contribution in [0.25, 0.3) is 0 Å². The van der Waals surface area contributed by atoms with Gasteiger partial charge in [-0.25, -0.2) is 9.59 Å². The summed E-state index contributed by atoms with van der Waals surface area (Å²) in [5.74, 6) is -1.95. The molecule has 0 unspecified atom stereocenters. The number of nitro groups is 1. The van der Waals surface area contributed by atoms with Crippen LogP contribution in [0, 0.1) is 21.4 Å². The molecule has 1 rings (SSSR count). The molecule has 0 bridgehead atoms. The first-order valence-electron chi connectivity index (χ1n) is 4.86. The smallest absolute Gasteiger partial charge is 0.346 e. The molecular weight excluding hydrogens is 256 g/mol. The van der Waals surface area contributed by atoms with Gasteiger partial charge in [-0.05, 0) is 6.07 Å². The van der Waals surface area contributed by atoms with Crippen molar-refractivity contribution in [3.05, 3.63) is 38.9 Å². The van der Waals surface area contributed by atoms with Gasteiger partial charge in [-0.1, -0.05) is 0 Å². The largest absolute Gasteiger partial charge is 0.465 e. The average molecular weight is 264 g/mol. The summed E-state index contributed by atoms with van der Waals surface area (Å²) in [7, 11) is 2.10. The Labute approximate surface area is 107 Å². The topological polar surface area (TPSA) is 120 Å². The first-order chi connectivity index (χ1) is 8.97. The van der Waals surface area contributed by atoms with E-state index in [1.165, 1.54) is 0 Å². The summed E-state index contributed by atoms with van der Waals surface area (Å²) in [6.45, 7) is 0. The molecule has 1 aromatic carbocycles. The number of carbonyl (C=O) groups is 2. The molecule has 0 atom stereocenters. The molecule has 19 heavy (non-hydrogen) atoms. The van der Waals surface area contributed by atoms with Crippen LogP contribution in [0.5, 0.6) is 0 Å². The van der Waals surface area contributed by atoms with Gasteiger partial charge in [0.05, 0.1) is 30.3 Å². The molecule has 0 saturated heterocycles. The van der Waals surface area contributed by atoms with Crippen molar-refractivity contribution in [2.24, 2.45) is 0 Å². The molecule has 0 radical (unpaired) electrons. The van der Waals surface area contributed by atoms with E-state index in [9.17, 15) is 19.7 Å². The molecule has 0 aliphatic heterocycles. The quantitative estimate of drug-likeness (QED) is 0.454. The highest BCUT2D eigenvalue weighted by Crippen LogP contribution is 2.26. The summed E-state index contributed by atoms with van der Waals surface area (Å²) in [5, 5.41) is 19.8. The molecule has 0 aromatic heterocycles. The number of nitro benzene ring substituents is 1. The van der Waals surface area contributed by atoms with Crippen molar-refractivity contribution < 1.29 is 24.0 Å². The van der Waals surface area contributed by atoms with E-state index in [1.54, 1.807) is 6.07 Å². The SMILES string of the molecule is COC(=O)c1ccc([N+](=O)[O-])c(C(=O)OC)c1C#N. The number of rotatable bonds is 3. The Morgan fingerprint density at radius 3 is 2.26 bits per heavy atom. The van der Waals surface area contributed by atoms with Gasteiger partial charge in [0.1, 0.15) is 6.07 Å². The molecule has 98 valence electrons. The number of hydrogen-bond donors (Lipinski definition) is 0. The Morgan fingerprint density at radius 1 is 1.26 bits per heavy atom. The zero-order valence-corrected chi connectivity index (χ0v) is 10.00. The fourth-order valence-electron chi connectivity index (χ4n) is 1.45. The lowest BCUT2D eigenvalue weighted by Gasteiger charge is -2.07. The second kappa shape index (κ2) is 5.59. The molecule has 0 heterocycles. The summed E-state index contributed by atoms with van der Waals surface area (Å²) in [6, 6.07) is 3.58. The fraction of sp³-hybridized carbons (Fsp3) is 0.182. The summed E-state index contributed by atoms with van der Waals surface area (Å²) in [6.07, 6.45) is 0. The average Bonchev–Trinajstić information content (AvgIpc) is 2.43. The van der Waals surface area contributed by atoms with Crippen molar-refractivity contribution in [1.29, 1.82) is 5.26 Å². The maximum absolute atomic E-state index is 11.6. The highest BCUT2D eigenvalue weighted by Gasteiger charge is 2.29. The number of methoxy groups -OCH3 is 2. The molecule has 8 nitrogen and oxygen atoms in total. The molecule has 0 N–H and O–H groups in total. The van der Waals surface area contributed by atoms with Crippen LogP contribution in [-0.2, 0) is 9.47 Å². The minimum Gasteiger partial charge on any atom is -0.465 e. The minimum absolute atomic E-state index is 0.240. The van der Waals surface area contributed by atoms with Crippen molar-refractivity contribution in [2.75, 3.05) is 14.2 Å². The van der Waals surface area contributed by atoms with Gasteiger partial charge in [0.2, 0.25) is 0 Å². The summed E-state index contributed by atoms with van der Waals surface area (Å²) >= 11 is 0. The van der Waals surface area contributed by atoms with E-state index in [2.05, 4.69) is 9.47 Å². The number of nitriles is 1. The maximum Gasteiger partial charge on any atom is 0.346 e. The Balaban J connectivity index is 3.70. The van der Waals surface area contributed by atoms with Gasteiger partial charge >= 0.3 is 11.9 Å². The van der Waals surface area contributed by atoms with Crippen molar-refractivity contribution in [3.63, 3.8) is 0 Å². The third-order valence-corrected chi connectivity index (χ3v) is 2.29. The standard InChI is InChI=1S/C11H8N2O6/c1-18-10(14)6-3-4-8(13(16)17)9(7(6)5-12)11(15)19-2/h3-4H,1-2H3. The third-order valence-electron chi connectivity index (χ3n) is 2.29. The van der Waals surface area contributed by atoms with Crippen LogP contribution in [0.3, 0.4) is 0 Å². The molecule has 1 aromatic rings. The van der Waals surface area contributed by atoms with Gasteiger partial charge in [0.15, 0.2) is 5.56 Å². The number of benzene rings is 1. The highest BCUT2D eigenvalue weighted by atomic mass is 16.6. The van der Waals surface area contributed by atoms with Crippen molar-refractivity contribution in [3.8, 4) is 6.07 Å². The van der Waals surface area contributed by atoms with E-state index in [0.717, 1.165) is 26.4 Å². The van der Waals surface area contributed by atoms with Gasteiger partial charge < -0.3 is 9.47 Å². The molecule has 8 heteroatoms. The number of carbonyl (C=O) groups excluding carboxylic acids is 2. The fourth-order valence-corrected chi connectivity index (χ4v) is 1.45. The molecule has 0 saturated carbocycles. The normalized spacial score (nSPS) is 9.32. The van der Waals surface area contributed by atoms with Gasteiger partial charge in [-0.15, -0.1) is 0 Å². The predicted octanol–water partition coefficient (Wildman–Crippen LogP) is 1.04. The van der Waals surface area contributed by atoms with E-state index in [-0.39, 0.29) is 5.56 Å². The van der Waals surface area contributed by atoms with E-state index in [4.69, 9.17) is 5.26 Å². The van der Waals surface area contributed by atoms with Gasteiger partial charge in [-0.2, -0.15) is 5.26 Å². The van der Waals surface area contributed by atoms with E-state index < -0.39 is 33.7 Å². The van der Waals surface area contributed by atoms with Gasteiger partial charge in [-0.3, -0.25) is 10.1 Å². The first-order valence-corrected chi connectivity index (χ1v) is 4.86. The van der Waals surface area contributed by atoms with E-state index in [0.29, 0.717) is 0 Å². The zero-order chi connectivity index (χ0) is 14.6.